The number of para-hydroxylation sites is 2. The zero-order valence-electron chi connectivity index (χ0n) is 16.5. The summed E-state index contributed by atoms with van der Waals surface area (Å²) in [7, 11) is 1.57. The van der Waals surface area contributed by atoms with Crippen molar-refractivity contribution in [2.45, 2.75) is 57.9 Å². The Balaban J connectivity index is 1.74. The Bertz CT molecular complexity index is 602. The number of carbonyl (C=O) groups excluding carboxylic acids is 2. The van der Waals surface area contributed by atoms with Gasteiger partial charge in [-0.1, -0.05) is 38.3 Å². The van der Waals surface area contributed by atoms with Crippen molar-refractivity contribution in [1.82, 2.24) is 10.2 Å². The molecule has 1 aliphatic rings. The molecular formula is C21H32N2O4. The molecule has 0 bridgehead atoms. The van der Waals surface area contributed by atoms with Crippen LogP contribution in [-0.2, 0) is 9.59 Å². The molecule has 2 rings (SSSR count). The van der Waals surface area contributed by atoms with Crippen molar-refractivity contribution in [2.75, 3.05) is 26.8 Å². The third-order valence-electron chi connectivity index (χ3n) is 4.66. The van der Waals surface area contributed by atoms with E-state index in [1.807, 2.05) is 12.1 Å². The quantitative estimate of drug-likeness (QED) is 0.537. The van der Waals surface area contributed by atoms with Gasteiger partial charge < -0.3 is 19.7 Å². The minimum Gasteiger partial charge on any atom is -0.493 e. The summed E-state index contributed by atoms with van der Waals surface area (Å²) in [5.74, 6) is 1.08. The first-order chi connectivity index (χ1) is 13.2. The molecule has 1 aromatic carbocycles. The van der Waals surface area contributed by atoms with Crippen LogP contribution in [0.15, 0.2) is 24.3 Å². The van der Waals surface area contributed by atoms with Crippen molar-refractivity contribution in [2.24, 2.45) is 0 Å². The fraction of sp³-hybridized carbons (Fsp3) is 0.619. The van der Waals surface area contributed by atoms with Crippen molar-refractivity contribution < 1.29 is 19.1 Å². The highest BCUT2D eigenvalue weighted by Gasteiger charge is 2.32. The molecule has 0 radical (unpaired) electrons. The number of rotatable bonds is 13. The smallest absolute Gasteiger partial charge is 0.260 e. The van der Waals surface area contributed by atoms with Gasteiger partial charge in [0.05, 0.1) is 7.11 Å². The van der Waals surface area contributed by atoms with Crippen LogP contribution in [0.5, 0.6) is 11.5 Å². The maximum absolute atomic E-state index is 12.6. The molecule has 1 aromatic rings. The highest BCUT2D eigenvalue weighted by atomic mass is 16.5. The second-order valence-electron chi connectivity index (χ2n) is 6.92. The number of amides is 2. The molecule has 1 aliphatic carbocycles. The van der Waals surface area contributed by atoms with Gasteiger partial charge in [-0.15, -0.1) is 0 Å². The number of ether oxygens (including phenoxy) is 2. The topological polar surface area (TPSA) is 67.9 Å². The fourth-order valence-corrected chi connectivity index (χ4v) is 2.95. The van der Waals surface area contributed by atoms with Gasteiger partial charge in [0.25, 0.3) is 5.91 Å². The lowest BCUT2D eigenvalue weighted by Crippen LogP contribution is -2.39. The van der Waals surface area contributed by atoms with E-state index in [9.17, 15) is 9.59 Å². The molecule has 0 aliphatic heterocycles. The maximum Gasteiger partial charge on any atom is 0.260 e. The van der Waals surface area contributed by atoms with E-state index in [1.165, 1.54) is 12.8 Å². The second-order valence-corrected chi connectivity index (χ2v) is 6.92. The molecule has 1 fully saturated rings. The molecule has 27 heavy (non-hydrogen) atoms. The molecule has 2 amide bonds. The molecule has 1 N–H and O–H groups in total. The lowest BCUT2D eigenvalue weighted by molar-refractivity contribution is -0.134. The highest BCUT2D eigenvalue weighted by molar-refractivity contribution is 5.80. The zero-order chi connectivity index (χ0) is 19.5. The van der Waals surface area contributed by atoms with Crippen LogP contribution in [-0.4, -0.2) is 49.6 Å². The predicted molar refractivity (Wildman–Crippen MR) is 105 cm³/mol. The molecule has 0 unspecified atom stereocenters. The summed E-state index contributed by atoms with van der Waals surface area (Å²) in [4.78, 5) is 26.4. The first-order valence-electron chi connectivity index (χ1n) is 9.97. The van der Waals surface area contributed by atoms with Crippen LogP contribution in [0.25, 0.3) is 0 Å². The third kappa shape index (κ3) is 7.49. The highest BCUT2D eigenvalue weighted by Crippen LogP contribution is 2.28. The van der Waals surface area contributed by atoms with Gasteiger partial charge in [-0.25, -0.2) is 0 Å². The normalized spacial score (nSPS) is 13.1. The van der Waals surface area contributed by atoms with Gasteiger partial charge in [0.2, 0.25) is 5.91 Å². The molecule has 0 saturated heterocycles. The molecule has 0 atom stereocenters. The Kier molecular flexibility index (Phi) is 8.95. The van der Waals surface area contributed by atoms with E-state index < -0.39 is 0 Å². The molecule has 0 aromatic heterocycles. The molecule has 1 saturated carbocycles. The molecule has 6 heteroatoms. The van der Waals surface area contributed by atoms with E-state index in [0.29, 0.717) is 31.0 Å². The van der Waals surface area contributed by atoms with E-state index in [-0.39, 0.29) is 24.5 Å². The number of unbranched alkanes of at least 4 members (excludes halogenated alkanes) is 3. The predicted octanol–water partition coefficient (Wildman–Crippen LogP) is 3.15. The van der Waals surface area contributed by atoms with E-state index in [0.717, 1.165) is 25.7 Å². The Hall–Kier alpha value is -2.24. The molecule has 6 nitrogen and oxygen atoms in total. The van der Waals surface area contributed by atoms with Crippen LogP contribution in [0.4, 0.5) is 0 Å². The summed E-state index contributed by atoms with van der Waals surface area (Å²) in [6.45, 7) is 3.28. The van der Waals surface area contributed by atoms with Crippen molar-refractivity contribution in [1.29, 1.82) is 0 Å². The summed E-state index contributed by atoms with van der Waals surface area (Å²) < 4.78 is 10.9. The Labute approximate surface area is 162 Å². The van der Waals surface area contributed by atoms with Crippen LogP contribution in [0.2, 0.25) is 0 Å². The van der Waals surface area contributed by atoms with Gasteiger partial charge in [0, 0.05) is 25.6 Å². The van der Waals surface area contributed by atoms with Crippen LogP contribution in [0, 0.1) is 0 Å². The van der Waals surface area contributed by atoms with Crippen molar-refractivity contribution in [3.8, 4) is 11.5 Å². The zero-order valence-corrected chi connectivity index (χ0v) is 16.5. The van der Waals surface area contributed by atoms with E-state index in [1.54, 1.807) is 24.1 Å². The summed E-state index contributed by atoms with van der Waals surface area (Å²) in [6, 6.07) is 7.51. The number of carbonyl (C=O) groups is 2. The standard InChI is InChI=1S/C21H32N2O4/c1-3-4-5-8-14-22-20(24)13-15-23(17-11-12-17)21(25)16-27-19-10-7-6-9-18(19)26-2/h6-7,9-10,17H,3-5,8,11-16H2,1-2H3,(H,22,24). The Morgan fingerprint density at radius 2 is 1.89 bits per heavy atom. The van der Waals surface area contributed by atoms with Crippen molar-refractivity contribution >= 4 is 11.8 Å². The molecular weight excluding hydrogens is 344 g/mol. The van der Waals surface area contributed by atoms with Crippen LogP contribution in [0.3, 0.4) is 0 Å². The van der Waals surface area contributed by atoms with E-state index in [2.05, 4.69) is 12.2 Å². The number of hydrogen-bond acceptors (Lipinski definition) is 4. The second kappa shape index (κ2) is 11.5. The summed E-state index contributed by atoms with van der Waals surface area (Å²) in [5, 5.41) is 2.94. The fourth-order valence-electron chi connectivity index (χ4n) is 2.95. The van der Waals surface area contributed by atoms with Crippen LogP contribution < -0.4 is 14.8 Å². The van der Waals surface area contributed by atoms with E-state index >= 15 is 0 Å². The number of methoxy groups -OCH3 is 1. The van der Waals surface area contributed by atoms with Gasteiger partial charge in [-0.3, -0.25) is 9.59 Å². The average molecular weight is 376 g/mol. The number of hydrogen-bond donors (Lipinski definition) is 1. The maximum atomic E-state index is 12.6. The third-order valence-corrected chi connectivity index (χ3v) is 4.66. The Morgan fingerprint density at radius 1 is 1.15 bits per heavy atom. The van der Waals surface area contributed by atoms with Gasteiger partial charge in [-0.2, -0.15) is 0 Å². The van der Waals surface area contributed by atoms with Crippen molar-refractivity contribution in [3.05, 3.63) is 24.3 Å². The Morgan fingerprint density at radius 3 is 2.56 bits per heavy atom. The average Bonchev–Trinajstić information content (AvgIpc) is 3.51. The number of nitrogens with one attached hydrogen (secondary N) is 1. The van der Waals surface area contributed by atoms with Crippen LogP contribution in [0.1, 0.15) is 51.9 Å². The minimum atomic E-state index is -0.0841. The van der Waals surface area contributed by atoms with Gasteiger partial charge in [0.15, 0.2) is 18.1 Å². The minimum absolute atomic E-state index is 0.00981. The number of benzene rings is 1. The molecule has 0 heterocycles. The SMILES string of the molecule is CCCCCCNC(=O)CCN(C(=O)COc1ccccc1OC)C1CC1. The van der Waals surface area contributed by atoms with Gasteiger partial charge in [-0.05, 0) is 31.4 Å². The first-order valence-corrected chi connectivity index (χ1v) is 9.97. The van der Waals surface area contributed by atoms with Gasteiger partial charge in [0.1, 0.15) is 0 Å². The summed E-state index contributed by atoms with van der Waals surface area (Å²) in [5.41, 5.74) is 0. The van der Waals surface area contributed by atoms with E-state index in [4.69, 9.17) is 9.47 Å². The van der Waals surface area contributed by atoms with Crippen LogP contribution >= 0.6 is 0 Å². The lowest BCUT2D eigenvalue weighted by atomic mass is 10.2. The summed E-state index contributed by atoms with van der Waals surface area (Å²) in [6.07, 6.45) is 6.87. The number of nitrogens with zero attached hydrogens (tertiary/aromatic N) is 1. The molecule has 0 spiro atoms. The largest absolute Gasteiger partial charge is 0.493 e. The lowest BCUT2D eigenvalue weighted by Gasteiger charge is -2.22. The molecule has 150 valence electrons. The summed E-state index contributed by atoms with van der Waals surface area (Å²) >= 11 is 0. The first kappa shape index (κ1) is 21.1. The monoisotopic (exact) mass is 376 g/mol. The van der Waals surface area contributed by atoms with Gasteiger partial charge >= 0.3 is 0 Å². The van der Waals surface area contributed by atoms with Crippen molar-refractivity contribution in [3.63, 3.8) is 0 Å².